The van der Waals surface area contributed by atoms with E-state index in [9.17, 15) is 5.11 Å². The molecule has 0 spiro atoms. The Bertz CT molecular complexity index is 609. The Morgan fingerprint density at radius 1 is 1.26 bits per heavy atom. The molecule has 6 nitrogen and oxygen atoms in total. The van der Waals surface area contributed by atoms with Crippen LogP contribution in [-0.2, 0) is 0 Å². The lowest BCUT2D eigenvalue weighted by atomic mass is 10.2. The van der Waals surface area contributed by atoms with Gasteiger partial charge < -0.3 is 20.1 Å². The summed E-state index contributed by atoms with van der Waals surface area (Å²) in [6, 6.07) is 11.8. The van der Waals surface area contributed by atoms with Crippen LogP contribution in [0.1, 0.15) is 12.8 Å². The molecule has 1 fully saturated rings. The largest absolute Gasteiger partial charge is 0.492 e. The van der Waals surface area contributed by atoms with Gasteiger partial charge in [0.15, 0.2) is 0 Å². The van der Waals surface area contributed by atoms with E-state index in [1.54, 1.807) is 6.33 Å². The molecule has 2 heterocycles. The summed E-state index contributed by atoms with van der Waals surface area (Å²) in [5, 5.41) is 12.7. The Balaban J connectivity index is 1.51. The lowest BCUT2D eigenvalue weighted by molar-refractivity contribution is 0.266. The Morgan fingerprint density at radius 2 is 2.13 bits per heavy atom. The van der Waals surface area contributed by atoms with E-state index in [0.29, 0.717) is 13.2 Å². The molecule has 122 valence electrons. The molecular weight excluding hydrogens is 292 g/mol. The van der Waals surface area contributed by atoms with Crippen LogP contribution in [-0.4, -0.2) is 47.4 Å². The first-order chi connectivity index (χ1) is 11.4. The molecule has 0 radical (unpaired) electrons. The third-order valence-corrected chi connectivity index (χ3v) is 3.95. The number of hydrogen-bond acceptors (Lipinski definition) is 6. The molecule has 1 unspecified atom stereocenters. The number of aliphatic hydroxyl groups is 1. The van der Waals surface area contributed by atoms with E-state index >= 15 is 0 Å². The topological polar surface area (TPSA) is 70.5 Å². The average molecular weight is 314 g/mol. The van der Waals surface area contributed by atoms with E-state index in [1.165, 1.54) is 0 Å². The molecule has 0 aliphatic carbocycles. The highest BCUT2D eigenvalue weighted by atomic mass is 16.5. The normalized spacial score (nSPS) is 17.3. The monoisotopic (exact) mass is 314 g/mol. The number of nitrogens with zero attached hydrogens (tertiary/aromatic N) is 3. The van der Waals surface area contributed by atoms with E-state index in [0.717, 1.165) is 36.8 Å². The van der Waals surface area contributed by atoms with E-state index < -0.39 is 0 Å². The van der Waals surface area contributed by atoms with Crippen LogP contribution in [0.25, 0.3) is 0 Å². The van der Waals surface area contributed by atoms with E-state index in [4.69, 9.17) is 4.74 Å². The fourth-order valence-electron chi connectivity index (χ4n) is 2.79. The number of aliphatic hydroxyl groups excluding tert-OH is 1. The Hall–Kier alpha value is -2.34. The zero-order chi connectivity index (χ0) is 15.9. The van der Waals surface area contributed by atoms with Gasteiger partial charge in [0.1, 0.15) is 30.3 Å². The molecule has 6 heteroatoms. The molecule has 0 bridgehead atoms. The Labute approximate surface area is 136 Å². The van der Waals surface area contributed by atoms with Crippen LogP contribution < -0.4 is 15.0 Å². The van der Waals surface area contributed by atoms with Gasteiger partial charge in [-0.15, -0.1) is 0 Å². The van der Waals surface area contributed by atoms with Crippen molar-refractivity contribution in [2.45, 2.75) is 18.9 Å². The molecule has 1 aliphatic rings. The van der Waals surface area contributed by atoms with E-state index in [-0.39, 0.29) is 12.6 Å². The fourth-order valence-corrected chi connectivity index (χ4v) is 2.79. The minimum atomic E-state index is 0.164. The fraction of sp³-hybridized carbons (Fsp3) is 0.412. The molecule has 1 aromatic carbocycles. The summed E-state index contributed by atoms with van der Waals surface area (Å²) in [6.07, 6.45) is 3.65. The number of para-hydroxylation sites is 1. The maximum absolute atomic E-state index is 9.43. The van der Waals surface area contributed by atoms with Crippen LogP contribution in [0.3, 0.4) is 0 Å². The number of nitrogens with one attached hydrogen (secondary N) is 1. The van der Waals surface area contributed by atoms with Crippen LogP contribution in [0.15, 0.2) is 42.7 Å². The third-order valence-electron chi connectivity index (χ3n) is 3.95. The van der Waals surface area contributed by atoms with Crippen LogP contribution >= 0.6 is 0 Å². The summed E-state index contributed by atoms with van der Waals surface area (Å²) < 4.78 is 5.64. The van der Waals surface area contributed by atoms with Crippen LogP contribution in [0, 0.1) is 0 Å². The first-order valence-electron chi connectivity index (χ1n) is 7.98. The molecule has 1 aliphatic heterocycles. The van der Waals surface area contributed by atoms with Crippen LogP contribution in [0.4, 0.5) is 11.6 Å². The average Bonchev–Trinajstić information content (AvgIpc) is 3.09. The molecule has 0 saturated carbocycles. The summed E-state index contributed by atoms with van der Waals surface area (Å²) >= 11 is 0. The highest BCUT2D eigenvalue weighted by Crippen LogP contribution is 2.24. The molecule has 23 heavy (non-hydrogen) atoms. The van der Waals surface area contributed by atoms with Gasteiger partial charge in [0, 0.05) is 12.6 Å². The SMILES string of the molecule is OCC1CCCN1c1cc(NCCOc2ccccc2)ncn1. The zero-order valence-electron chi connectivity index (χ0n) is 13.1. The minimum Gasteiger partial charge on any atom is -0.492 e. The highest BCUT2D eigenvalue weighted by Gasteiger charge is 2.25. The van der Waals surface area contributed by atoms with Gasteiger partial charge >= 0.3 is 0 Å². The number of rotatable bonds is 7. The summed E-state index contributed by atoms with van der Waals surface area (Å²) in [6.45, 7) is 2.32. The van der Waals surface area contributed by atoms with E-state index in [2.05, 4.69) is 20.2 Å². The third kappa shape index (κ3) is 4.10. The van der Waals surface area contributed by atoms with Crippen LogP contribution in [0.5, 0.6) is 5.75 Å². The smallest absolute Gasteiger partial charge is 0.134 e. The summed E-state index contributed by atoms with van der Waals surface area (Å²) in [4.78, 5) is 10.7. The second-order valence-corrected chi connectivity index (χ2v) is 5.52. The highest BCUT2D eigenvalue weighted by molar-refractivity contribution is 5.49. The molecule has 2 N–H and O–H groups in total. The van der Waals surface area contributed by atoms with Gasteiger partial charge in [-0.1, -0.05) is 18.2 Å². The van der Waals surface area contributed by atoms with Gasteiger partial charge in [-0.05, 0) is 25.0 Å². The maximum atomic E-state index is 9.43. The molecule has 0 amide bonds. The van der Waals surface area contributed by atoms with Crippen molar-refractivity contribution in [2.75, 3.05) is 36.5 Å². The molecule has 2 aromatic rings. The van der Waals surface area contributed by atoms with Crippen molar-refractivity contribution < 1.29 is 9.84 Å². The number of anilines is 2. The summed E-state index contributed by atoms with van der Waals surface area (Å²) in [7, 11) is 0. The predicted molar refractivity (Wildman–Crippen MR) is 89.9 cm³/mol. The molecular formula is C17H22N4O2. The first-order valence-corrected chi connectivity index (χ1v) is 7.98. The van der Waals surface area contributed by atoms with Crippen molar-refractivity contribution in [3.63, 3.8) is 0 Å². The van der Waals surface area contributed by atoms with E-state index in [1.807, 2.05) is 36.4 Å². The van der Waals surface area contributed by atoms with Crippen molar-refractivity contribution in [1.29, 1.82) is 0 Å². The van der Waals surface area contributed by atoms with Crippen molar-refractivity contribution in [3.8, 4) is 5.75 Å². The molecule has 3 rings (SSSR count). The molecule has 1 saturated heterocycles. The predicted octanol–water partition coefficient (Wildman–Crippen LogP) is 1.93. The first kappa shape index (κ1) is 15.6. The Morgan fingerprint density at radius 3 is 2.96 bits per heavy atom. The molecule has 1 aromatic heterocycles. The zero-order valence-corrected chi connectivity index (χ0v) is 13.1. The van der Waals surface area contributed by atoms with Gasteiger partial charge in [-0.25, -0.2) is 9.97 Å². The number of ether oxygens (including phenoxy) is 1. The van der Waals surface area contributed by atoms with Gasteiger partial charge in [0.25, 0.3) is 0 Å². The second-order valence-electron chi connectivity index (χ2n) is 5.52. The summed E-state index contributed by atoms with van der Waals surface area (Å²) in [5.74, 6) is 2.50. The maximum Gasteiger partial charge on any atom is 0.134 e. The number of aromatic nitrogens is 2. The standard InChI is InChI=1S/C17H22N4O2/c22-12-14-5-4-9-21(14)17-11-16(19-13-20-17)18-8-10-23-15-6-2-1-3-7-15/h1-3,6-7,11,13-14,22H,4-5,8-10,12H2,(H,18,19,20). The Kier molecular flexibility index (Phi) is 5.26. The van der Waals surface area contributed by atoms with Gasteiger partial charge in [0.05, 0.1) is 19.2 Å². The van der Waals surface area contributed by atoms with Gasteiger partial charge in [-0.3, -0.25) is 0 Å². The van der Waals surface area contributed by atoms with Gasteiger partial charge in [0.2, 0.25) is 0 Å². The quantitative estimate of drug-likeness (QED) is 0.761. The minimum absolute atomic E-state index is 0.164. The number of hydrogen-bond donors (Lipinski definition) is 2. The van der Waals surface area contributed by atoms with Crippen molar-refractivity contribution >= 4 is 11.6 Å². The lowest BCUT2D eigenvalue weighted by Gasteiger charge is -2.24. The molecule has 1 atom stereocenters. The van der Waals surface area contributed by atoms with Crippen LogP contribution in [0.2, 0.25) is 0 Å². The van der Waals surface area contributed by atoms with Crippen molar-refractivity contribution in [1.82, 2.24) is 9.97 Å². The van der Waals surface area contributed by atoms with Crippen molar-refractivity contribution in [2.24, 2.45) is 0 Å². The number of benzene rings is 1. The lowest BCUT2D eigenvalue weighted by Crippen LogP contribution is -2.32. The second kappa shape index (κ2) is 7.78. The summed E-state index contributed by atoms with van der Waals surface area (Å²) in [5.41, 5.74) is 0. The van der Waals surface area contributed by atoms with Gasteiger partial charge in [-0.2, -0.15) is 0 Å². The van der Waals surface area contributed by atoms with Crippen molar-refractivity contribution in [3.05, 3.63) is 42.7 Å².